The number of hydrogen-bond acceptors (Lipinski definition) is 0. The number of rotatable bonds is 2. The summed E-state index contributed by atoms with van der Waals surface area (Å²) in [5.41, 5.74) is 3.54. The summed E-state index contributed by atoms with van der Waals surface area (Å²) in [4.78, 5) is 0. The van der Waals surface area contributed by atoms with Crippen LogP contribution in [-0.4, -0.2) is 0 Å². The minimum absolute atomic E-state index is 0.781. The van der Waals surface area contributed by atoms with Crippen molar-refractivity contribution in [1.82, 2.24) is 0 Å². The Morgan fingerprint density at radius 2 is 1.75 bits per heavy atom. The van der Waals surface area contributed by atoms with Crippen LogP contribution in [-0.2, 0) is 0 Å². The van der Waals surface area contributed by atoms with Crippen molar-refractivity contribution in [2.45, 2.75) is 59.3 Å². The van der Waals surface area contributed by atoms with Crippen LogP contribution in [0.15, 0.2) is 11.1 Å². The molecule has 0 atom stereocenters. The Labute approximate surface area is 77.1 Å². The molecule has 0 unspecified atom stereocenters. The first-order valence-corrected chi connectivity index (χ1v) is 5.46. The standard InChI is InChI=1S/C12H22/c1-4-12(10(2)3)11-8-6-5-7-9-11/h10H,4-9H2,1-3H3. The minimum Gasteiger partial charge on any atom is -0.0708 e. The average Bonchev–Trinajstić information content (AvgIpc) is 2.07. The van der Waals surface area contributed by atoms with Crippen molar-refractivity contribution >= 4 is 0 Å². The fourth-order valence-electron chi connectivity index (χ4n) is 2.37. The van der Waals surface area contributed by atoms with E-state index < -0.39 is 0 Å². The predicted molar refractivity (Wildman–Crippen MR) is 55.2 cm³/mol. The quantitative estimate of drug-likeness (QED) is 0.536. The van der Waals surface area contributed by atoms with Crippen molar-refractivity contribution in [3.05, 3.63) is 11.1 Å². The highest BCUT2D eigenvalue weighted by molar-refractivity contribution is 5.17. The van der Waals surface area contributed by atoms with E-state index >= 15 is 0 Å². The molecule has 12 heavy (non-hydrogen) atoms. The molecule has 0 saturated heterocycles. The molecular formula is C12H22. The molecule has 0 nitrogen and oxygen atoms in total. The van der Waals surface area contributed by atoms with Gasteiger partial charge < -0.3 is 0 Å². The van der Waals surface area contributed by atoms with E-state index in [1.165, 1.54) is 38.5 Å². The van der Waals surface area contributed by atoms with Gasteiger partial charge in [0.05, 0.1) is 0 Å². The molecule has 0 heteroatoms. The highest BCUT2D eigenvalue weighted by Gasteiger charge is 2.11. The minimum atomic E-state index is 0.781. The van der Waals surface area contributed by atoms with Crippen molar-refractivity contribution in [3.63, 3.8) is 0 Å². The van der Waals surface area contributed by atoms with E-state index in [4.69, 9.17) is 0 Å². The van der Waals surface area contributed by atoms with Crippen LogP contribution in [0.2, 0.25) is 0 Å². The predicted octanol–water partition coefficient (Wildman–Crippen LogP) is 4.31. The number of hydrogen-bond donors (Lipinski definition) is 0. The first-order chi connectivity index (χ1) is 5.75. The van der Waals surface area contributed by atoms with Crippen LogP contribution in [0.3, 0.4) is 0 Å². The van der Waals surface area contributed by atoms with Gasteiger partial charge in [-0.3, -0.25) is 0 Å². The molecule has 0 spiro atoms. The third-order valence-electron chi connectivity index (χ3n) is 2.99. The molecule has 0 bridgehead atoms. The molecular weight excluding hydrogens is 144 g/mol. The normalized spacial score (nSPS) is 18.5. The van der Waals surface area contributed by atoms with Crippen LogP contribution >= 0.6 is 0 Å². The lowest BCUT2D eigenvalue weighted by molar-refractivity contribution is 0.573. The fourth-order valence-corrected chi connectivity index (χ4v) is 2.37. The molecule has 1 fully saturated rings. The SMILES string of the molecule is CCC(=C1CCCCC1)C(C)C. The topological polar surface area (TPSA) is 0 Å². The number of allylic oxidation sites excluding steroid dienone is 2. The van der Waals surface area contributed by atoms with Crippen LogP contribution in [0.5, 0.6) is 0 Å². The zero-order valence-electron chi connectivity index (χ0n) is 8.82. The van der Waals surface area contributed by atoms with Crippen molar-refractivity contribution in [2.24, 2.45) is 5.92 Å². The molecule has 1 aliphatic carbocycles. The maximum absolute atomic E-state index is 2.33. The Hall–Kier alpha value is -0.260. The Kier molecular flexibility index (Phi) is 3.84. The molecule has 1 rings (SSSR count). The van der Waals surface area contributed by atoms with Gasteiger partial charge in [0.2, 0.25) is 0 Å². The van der Waals surface area contributed by atoms with Crippen molar-refractivity contribution in [2.75, 3.05) is 0 Å². The Morgan fingerprint density at radius 3 is 2.17 bits per heavy atom. The molecule has 1 aliphatic rings. The zero-order valence-corrected chi connectivity index (χ0v) is 8.82. The first kappa shape index (κ1) is 9.83. The largest absolute Gasteiger partial charge is 0.0708 e. The maximum atomic E-state index is 2.33. The smallest absolute Gasteiger partial charge is 0.0258 e. The Morgan fingerprint density at radius 1 is 1.17 bits per heavy atom. The molecule has 0 aromatic heterocycles. The van der Waals surface area contributed by atoms with Gasteiger partial charge in [0.1, 0.15) is 0 Å². The van der Waals surface area contributed by atoms with Crippen LogP contribution in [0, 0.1) is 5.92 Å². The Bertz CT molecular complexity index is 155. The van der Waals surface area contributed by atoms with E-state index in [0.29, 0.717) is 0 Å². The summed E-state index contributed by atoms with van der Waals surface area (Å²) >= 11 is 0. The van der Waals surface area contributed by atoms with Crippen LogP contribution in [0.1, 0.15) is 59.3 Å². The summed E-state index contributed by atoms with van der Waals surface area (Å²) in [7, 11) is 0. The fraction of sp³-hybridized carbons (Fsp3) is 0.833. The van der Waals surface area contributed by atoms with Crippen molar-refractivity contribution in [1.29, 1.82) is 0 Å². The van der Waals surface area contributed by atoms with Gasteiger partial charge in [0.25, 0.3) is 0 Å². The molecule has 70 valence electrons. The summed E-state index contributed by atoms with van der Waals surface area (Å²) < 4.78 is 0. The monoisotopic (exact) mass is 166 g/mol. The van der Waals surface area contributed by atoms with Gasteiger partial charge >= 0.3 is 0 Å². The molecule has 0 aliphatic heterocycles. The summed E-state index contributed by atoms with van der Waals surface area (Å²) in [6, 6.07) is 0. The lowest BCUT2D eigenvalue weighted by Gasteiger charge is -2.21. The third kappa shape index (κ3) is 2.36. The molecule has 0 aromatic carbocycles. The van der Waals surface area contributed by atoms with E-state index in [2.05, 4.69) is 20.8 Å². The van der Waals surface area contributed by atoms with Gasteiger partial charge in [0, 0.05) is 0 Å². The van der Waals surface area contributed by atoms with Gasteiger partial charge in [-0.05, 0) is 38.0 Å². The van der Waals surface area contributed by atoms with Crippen LogP contribution in [0.25, 0.3) is 0 Å². The third-order valence-corrected chi connectivity index (χ3v) is 2.99. The van der Waals surface area contributed by atoms with E-state index in [0.717, 1.165) is 5.92 Å². The van der Waals surface area contributed by atoms with Gasteiger partial charge in [-0.15, -0.1) is 0 Å². The van der Waals surface area contributed by atoms with E-state index in [1.807, 2.05) is 0 Å². The maximum Gasteiger partial charge on any atom is -0.0258 e. The van der Waals surface area contributed by atoms with Gasteiger partial charge in [-0.1, -0.05) is 38.3 Å². The van der Waals surface area contributed by atoms with Gasteiger partial charge in [-0.2, -0.15) is 0 Å². The highest BCUT2D eigenvalue weighted by Crippen LogP contribution is 2.30. The molecule has 0 amide bonds. The second-order valence-electron chi connectivity index (χ2n) is 4.20. The van der Waals surface area contributed by atoms with Crippen molar-refractivity contribution < 1.29 is 0 Å². The molecule has 0 N–H and O–H groups in total. The highest BCUT2D eigenvalue weighted by atomic mass is 14.2. The second-order valence-corrected chi connectivity index (χ2v) is 4.20. The summed E-state index contributed by atoms with van der Waals surface area (Å²) in [6.45, 7) is 6.97. The van der Waals surface area contributed by atoms with Crippen molar-refractivity contribution in [3.8, 4) is 0 Å². The Balaban J connectivity index is 2.68. The van der Waals surface area contributed by atoms with E-state index in [1.54, 1.807) is 11.1 Å². The van der Waals surface area contributed by atoms with Gasteiger partial charge in [0.15, 0.2) is 0 Å². The van der Waals surface area contributed by atoms with Crippen LogP contribution in [0.4, 0.5) is 0 Å². The first-order valence-electron chi connectivity index (χ1n) is 5.46. The summed E-state index contributed by atoms with van der Waals surface area (Å²) in [5.74, 6) is 0.781. The molecule has 1 saturated carbocycles. The summed E-state index contributed by atoms with van der Waals surface area (Å²) in [6.07, 6.45) is 8.38. The van der Waals surface area contributed by atoms with E-state index in [-0.39, 0.29) is 0 Å². The lowest BCUT2D eigenvalue weighted by Crippen LogP contribution is -2.03. The second kappa shape index (κ2) is 4.69. The molecule has 0 radical (unpaired) electrons. The summed E-state index contributed by atoms with van der Waals surface area (Å²) in [5, 5.41) is 0. The average molecular weight is 166 g/mol. The van der Waals surface area contributed by atoms with Gasteiger partial charge in [-0.25, -0.2) is 0 Å². The zero-order chi connectivity index (χ0) is 8.97. The van der Waals surface area contributed by atoms with Crippen LogP contribution < -0.4 is 0 Å². The van der Waals surface area contributed by atoms with E-state index in [9.17, 15) is 0 Å². The molecule has 0 heterocycles. The molecule has 0 aromatic rings. The lowest BCUT2D eigenvalue weighted by atomic mass is 9.86.